The van der Waals surface area contributed by atoms with Crippen molar-refractivity contribution in [3.05, 3.63) is 74.5 Å². The van der Waals surface area contributed by atoms with Crippen LogP contribution in [-0.4, -0.2) is 69.7 Å². The molecule has 2 fully saturated rings. The van der Waals surface area contributed by atoms with E-state index in [1.807, 2.05) is 43.3 Å². The number of aromatic nitrogens is 2. The van der Waals surface area contributed by atoms with Gasteiger partial charge in [0.25, 0.3) is 11.5 Å². The molecular weight excluding hydrogens is 494 g/mol. The lowest BCUT2D eigenvalue weighted by molar-refractivity contribution is -0.122. The molecule has 1 aromatic carbocycles. The van der Waals surface area contributed by atoms with Crippen LogP contribution in [0, 0.1) is 6.92 Å². The second-order valence-corrected chi connectivity index (χ2v) is 10.7. The van der Waals surface area contributed by atoms with E-state index < -0.39 is 0 Å². The van der Waals surface area contributed by atoms with E-state index in [-0.39, 0.29) is 11.5 Å². The van der Waals surface area contributed by atoms with Gasteiger partial charge in [0.1, 0.15) is 21.5 Å². The van der Waals surface area contributed by atoms with Crippen LogP contribution in [0.25, 0.3) is 11.7 Å². The van der Waals surface area contributed by atoms with Gasteiger partial charge in [-0.15, -0.1) is 0 Å². The van der Waals surface area contributed by atoms with Crippen LogP contribution in [0.2, 0.25) is 0 Å². The largest absolute Gasteiger partial charge is 0.497 e. The molecule has 0 spiro atoms. The zero-order valence-electron chi connectivity index (χ0n) is 20.4. The number of rotatable bonds is 5. The Bertz CT molecular complexity index is 1430. The topological polar surface area (TPSA) is 70.4 Å². The van der Waals surface area contributed by atoms with Crippen LogP contribution >= 0.6 is 24.0 Å². The number of fused-ring (bicyclic) bond motifs is 1. The Hall–Kier alpha value is -3.21. The zero-order valence-corrected chi connectivity index (χ0v) is 22.1. The molecule has 2 saturated heterocycles. The summed E-state index contributed by atoms with van der Waals surface area (Å²) in [6.07, 6.45) is 3.45. The number of anilines is 1. The third kappa shape index (κ3) is 4.76. The summed E-state index contributed by atoms with van der Waals surface area (Å²) in [7, 11) is 3.70. The molecule has 1 amide bonds. The van der Waals surface area contributed by atoms with E-state index in [1.165, 1.54) is 11.8 Å². The van der Waals surface area contributed by atoms with Gasteiger partial charge in [0.2, 0.25) is 0 Å². The Kier molecular flexibility index (Phi) is 6.83. The highest BCUT2D eigenvalue weighted by atomic mass is 32.2. The first-order valence-corrected chi connectivity index (χ1v) is 12.9. The third-order valence-corrected chi connectivity index (χ3v) is 7.81. The van der Waals surface area contributed by atoms with Gasteiger partial charge in [-0.25, -0.2) is 4.98 Å². The summed E-state index contributed by atoms with van der Waals surface area (Å²) in [6, 6.07) is 11.3. The molecule has 0 atom stereocenters. The molecule has 0 bridgehead atoms. The number of thioether (sulfide) groups is 1. The highest BCUT2D eigenvalue weighted by Crippen LogP contribution is 2.34. The van der Waals surface area contributed by atoms with E-state index in [1.54, 1.807) is 28.7 Å². The van der Waals surface area contributed by atoms with Crippen molar-refractivity contribution >= 4 is 51.7 Å². The third-order valence-electron chi connectivity index (χ3n) is 6.44. The Morgan fingerprint density at radius 1 is 1.08 bits per heavy atom. The number of carbonyl (C=O) groups is 1. The maximum absolute atomic E-state index is 13.7. The summed E-state index contributed by atoms with van der Waals surface area (Å²) in [5, 5.41) is 0. The van der Waals surface area contributed by atoms with Crippen molar-refractivity contribution in [3.8, 4) is 5.75 Å². The summed E-state index contributed by atoms with van der Waals surface area (Å²) in [4.78, 5) is 38.3. The van der Waals surface area contributed by atoms with Gasteiger partial charge in [0, 0.05) is 32.4 Å². The van der Waals surface area contributed by atoms with E-state index in [2.05, 4.69) is 16.8 Å². The second-order valence-electron chi connectivity index (χ2n) is 9.00. The SMILES string of the molecule is COc1ccc(CN2C(=O)C(=Cc3c(N4CCN(C)CC4)nc4ccc(C)cn4c3=O)SC2=S)cc1. The van der Waals surface area contributed by atoms with Gasteiger partial charge < -0.3 is 14.5 Å². The number of hydrogen-bond acceptors (Lipinski definition) is 8. The van der Waals surface area contributed by atoms with Crippen molar-refractivity contribution < 1.29 is 9.53 Å². The smallest absolute Gasteiger partial charge is 0.267 e. The quantitative estimate of drug-likeness (QED) is 0.375. The minimum atomic E-state index is -0.209. The molecule has 36 heavy (non-hydrogen) atoms. The lowest BCUT2D eigenvalue weighted by Gasteiger charge is -2.34. The fraction of sp³-hybridized carbons (Fsp3) is 0.308. The van der Waals surface area contributed by atoms with E-state index in [4.69, 9.17) is 21.9 Å². The van der Waals surface area contributed by atoms with Gasteiger partial charge in [-0.1, -0.05) is 42.2 Å². The molecule has 3 aromatic rings. The van der Waals surface area contributed by atoms with Crippen molar-refractivity contribution in [2.75, 3.05) is 45.2 Å². The average Bonchev–Trinajstić information content (AvgIpc) is 3.14. The predicted octanol–water partition coefficient (Wildman–Crippen LogP) is 3.16. The van der Waals surface area contributed by atoms with Crippen molar-refractivity contribution in [1.29, 1.82) is 0 Å². The molecule has 0 N–H and O–H groups in total. The number of aryl methyl sites for hydroxylation is 1. The molecule has 10 heteroatoms. The van der Waals surface area contributed by atoms with Crippen LogP contribution in [0.1, 0.15) is 16.7 Å². The van der Waals surface area contributed by atoms with E-state index in [9.17, 15) is 9.59 Å². The first kappa shape index (κ1) is 24.5. The first-order chi connectivity index (χ1) is 17.3. The summed E-state index contributed by atoms with van der Waals surface area (Å²) in [5.74, 6) is 1.15. The van der Waals surface area contributed by atoms with Crippen LogP contribution in [-0.2, 0) is 11.3 Å². The number of benzene rings is 1. The van der Waals surface area contributed by atoms with Crippen molar-refractivity contribution in [3.63, 3.8) is 0 Å². The molecule has 2 aromatic heterocycles. The van der Waals surface area contributed by atoms with Gasteiger partial charge >= 0.3 is 0 Å². The molecule has 0 radical (unpaired) electrons. The van der Waals surface area contributed by atoms with Gasteiger partial charge in [-0.05, 0) is 49.4 Å². The van der Waals surface area contributed by atoms with Crippen LogP contribution in [0.15, 0.2) is 52.3 Å². The number of likely N-dealkylation sites (N-methyl/N-ethyl adjacent to an activating group) is 1. The lowest BCUT2D eigenvalue weighted by Crippen LogP contribution is -2.45. The van der Waals surface area contributed by atoms with Gasteiger partial charge in [-0.2, -0.15) is 0 Å². The molecule has 0 saturated carbocycles. The number of pyridine rings is 1. The molecule has 0 unspecified atom stereocenters. The van der Waals surface area contributed by atoms with E-state index in [0.717, 1.165) is 43.1 Å². The summed E-state index contributed by atoms with van der Waals surface area (Å²) in [5.41, 5.74) is 2.69. The van der Waals surface area contributed by atoms with Crippen molar-refractivity contribution in [1.82, 2.24) is 19.2 Å². The fourth-order valence-corrected chi connectivity index (χ4v) is 5.55. The molecule has 2 aliphatic heterocycles. The number of nitrogens with zero attached hydrogens (tertiary/aromatic N) is 5. The molecule has 5 rings (SSSR count). The number of piperazine rings is 1. The second kappa shape index (κ2) is 10.0. The summed E-state index contributed by atoms with van der Waals surface area (Å²) >= 11 is 6.76. The molecule has 8 nitrogen and oxygen atoms in total. The molecule has 4 heterocycles. The van der Waals surface area contributed by atoms with E-state index in [0.29, 0.717) is 32.8 Å². The van der Waals surface area contributed by atoms with E-state index >= 15 is 0 Å². The Balaban J connectivity index is 1.53. The zero-order chi connectivity index (χ0) is 25.4. The maximum Gasteiger partial charge on any atom is 0.267 e. The lowest BCUT2D eigenvalue weighted by atomic mass is 10.2. The highest BCUT2D eigenvalue weighted by Gasteiger charge is 2.33. The predicted molar refractivity (Wildman–Crippen MR) is 148 cm³/mol. The molecule has 0 aliphatic carbocycles. The van der Waals surface area contributed by atoms with Gasteiger partial charge in [-0.3, -0.25) is 18.9 Å². The number of carbonyl (C=O) groups excluding carboxylic acids is 1. The Labute approximate surface area is 219 Å². The monoisotopic (exact) mass is 521 g/mol. The van der Waals surface area contributed by atoms with Gasteiger partial charge in [0.05, 0.1) is 24.1 Å². The van der Waals surface area contributed by atoms with Crippen molar-refractivity contribution in [2.45, 2.75) is 13.5 Å². The normalized spacial score (nSPS) is 18.0. The number of amides is 1. The molecule has 2 aliphatic rings. The van der Waals surface area contributed by atoms with Crippen LogP contribution in [0.3, 0.4) is 0 Å². The number of thiocarbonyl (C=S) groups is 1. The molecule has 186 valence electrons. The van der Waals surface area contributed by atoms with Crippen molar-refractivity contribution in [2.24, 2.45) is 0 Å². The van der Waals surface area contributed by atoms with Gasteiger partial charge in [0.15, 0.2) is 0 Å². The minimum absolute atomic E-state index is 0.196. The van der Waals surface area contributed by atoms with Crippen LogP contribution < -0.4 is 15.2 Å². The number of ether oxygens (including phenoxy) is 1. The summed E-state index contributed by atoms with van der Waals surface area (Å²) < 4.78 is 7.24. The van der Waals surface area contributed by atoms with Crippen LogP contribution in [0.4, 0.5) is 5.82 Å². The number of methoxy groups -OCH3 is 1. The minimum Gasteiger partial charge on any atom is -0.497 e. The first-order valence-electron chi connectivity index (χ1n) is 11.7. The average molecular weight is 522 g/mol. The fourth-order valence-electron chi connectivity index (χ4n) is 4.31. The highest BCUT2D eigenvalue weighted by molar-refractivity contribution is 8.26. The standard InChI is InChI=1S/C26H27N5O3S2/c1-17-4-9-22-27-23(29-12-10-28(2)11-13-29)20(24(32)30(22)15-17)14-21-25(33)31(26(35)36-21)16-18-5-7-19(34-3)8-6-18/h4-9,14-15H,10-13,16H2,1-3H3. The maximum atomic E-state index is 13.7. The summed E-state index contributed by atoms with van der Waals surface area (Å²) in [6.45, 7) is 5.54. The van der Waals surface area contributed by atoms with Crippen LogP contribution in [0.5, 0.6) is 5.75 Å². The number of hydrogen-bond donors (Lipinski definition) is 0. The Morgan fingerprint density at radius 2 is 1.81 bits per heavy atom. The Morgan fingerprint density at radius 3 is 2.50 bits per heavy atom. The molecular formula is C26H27N5O3S2.